The predicted octanol–water partition coefficient (Wildman–Crippen LogP) is 1.94. The lowest BCUT2D eigenvalue weighted by Crippen LogP contribution is -2.46. The summed E-state index contributed by atoms with van der Waals surface area (Å²) in [6.45, 7) is 0.725. The first kappa shape index (κ1) is 16.5. The zero-order chi connectivity index (χ0) is 16.9. The monoisotopic (exact) mass is 331 g/mol. The van der Waals surface area contributed by atoms with Crippen LogP contribution in [0.2, 0.25) is 0 Å². The highest BCUT2D eigenvalue weighted by molar-refractivity contribution is 5.79. The van der Waals surface area contributed by atoms with Crippen molar-refractivity contribution < 1.29 is 19.1 Å². The minimum Gasteiger partial charge on any atom is -0.484 e. The van der Waals surface area contributed by atoms with Gasteiger partial charge in [0.15, 0.2) is 6.61 Å². The number of carbonyl (C=O) groups is 1. The van der Waals surface area contributed by atoms with Crippen LogP contribution in [0.4, 0.5) is 0 Å². The molecule has 1 amide bonds. The van der Waals surface area contributed by atoms with E-state index in [0.717, 1.165) is 24.6 Å². The molecule has 24 heavy (non-hydrogen) atoms. The van der Waals surface area contributed by atoms with Gasteiger partial charge < -0.3 is 19.2 Å². The molecule has 0 saturated carbocycles. The van der Waals surface area contributed by atoms with E-state index in [1.54, 1.807) is 29.2 Å². The van der Waals surface area contributed by atoms with E-state index >= 15 is 0 Å². The van der Waals surface area contributed by atoms with Crippen molar-refractivity contribution in [2.75, 3.05) is 19.8 Å². The summed E-state index contributed by atoms with van der Waals surface area (Å²) in [5.41, 5.74) is 0.0134. The summed E-state index contributed by atoms with van der Waals surface area (Å²) >= 11 is 0. The number of piperidine rings is 1. The van der Waals surface area contributed by atoms with Gasteiger partial charge in [-0.15, -0.1) is 0 Å². The Morgan fingerprint density at radius 3 is 2.96 bits per heavy atom. The fraction of sp³-hybridized carbons (Fsp3) is 0.444. The third kappa shape index (κ3) is 3.76. The van der Waals surface area contributed by atoms with Gasteiger partial charge in [0.2, 0.25) is 0 Å². The van der Waals surface area contributed by atoms with Gasteiger partial charge in [0.1, 0.15) is 11.3 Å². The van der Waals surface area contributed by atoms with Gasteiger partial charge in [-0.3, -0.25) is 4.79 Å². The van der Waals surface area contributed by atoms with Gasteiger partial charge in [-0.05, 0) is 43.9 Å². The summed E-state index contributed by atoms with van der Waals surface area (Å²) in [6.07, 6.45) is 3.59. The van der Waals surface area contributed by atoms with E-state index in [4.69, 9.17) is 14.3 Å². The normalized spacial score (nSPS) is 17.9. The lowest BCUT2D eigenvalue weighted by molar-refractivity contribution is -0.137. The third-order valence-electron chi connectivity index (χ3n) is 4.37. The molecule has 6 nitrogen and oxygen atoms in total. The van der Waals surface area contributed by atoms with Crippen molar-refractivity contribution in [2.24, 2.45) is 0 Å². The molecule has 0 aliphatic carbocycles. The lowest BCUT2D eigenvalue weighted by atomic mass is 9.99. The molecule has 1 fully saturated rings. The standard InChI is InChI=1S/C18H21NO5/c20-10-8-14-3-1-2-9-19(14)17(21)12-23-15-6-4-13-5-7-18(22)24-16(13)11-15/h4-7,11,14,20H,1-3,8-10,12H2. The molecule has 1 aromatic carbocycles. The predicted molar refractivity (Wildman–Crippen MR) is 89.0 cm³/mol. The number of aliphatic hydroxyl groups is 1. The van der Waals surface area contributed by atoms with Crippen molar-refractivity contribution in [2.45, 2.75) is 31.7 Å². The molecule has 0 spiro atoms. The highest BCUT2D eigenvalue weighted by atomic mass is 16.5. The summed E-state index contributed by atoms with van der Waals surface area (Å²) in [7, 11) is 0. The van der Waals surface area contributed by atoms with Crippen molar-refractivity contribution in [3.63, 3.8) is 0 Å². The smallest absolute Gasteiger partial charge is 0.336 e. The van der Waals surface area contributed by atoms with E-state index in [-0.39, 0.29) is 25.2 Å². The Hall–Kier alpha value is -2.34. The first-order valence-electron chi connectivity index (χ1n) is 8.24. The first-order valence-corrected chi connectivity index (χ1v) is 8.24. The summed E-state index contributed by atoms with van der Waals surface area (Å²) in [5, 5.41) is 9.94. The number of nitrogens with zero attached hydrogens (tertiary/aromatic N) is 1. The fourth-order valence-electron chi connectivity index (χ4n) is 3.14. The average Bonchev–Trinajstić information content (AvgIpc) is 2.60. The molecule has 6 heteroatoms. The van der Waals surface area contributed by atoms with Gasteiger partial charge in [-0.2, -0.15) is 0 Å². The Labute approximate surface area is 139 Å². The molecular formula is C18H21NO5. The molecule has 1 atom stereocenters. The van der Waals surface area contributed by atoms with Crippen LogP contribution in [0.1, 0.15) is 25.7 Å². The number of carbonyl (C=O) groups excluding carboxylic acids is 1. The largest absolute Gasteiger partial charge is 0.484 e. The minimum absolute atomic E-state index is 0.0650. The molecule has 1 saturated heterocycles. The summed E-state index contributed by atoms with van der Waals surface area (Å²) in [4.78, 5) is 25.5. The molecule has 3 rings (SSSR count). The summed E-state index contributed by atoms with van der Waals surface area (Å²) in [6, 6.07) is 8.29. The highest BCUT2D eigenvalue weighted by Gasteiger charge is 2.26. The van der Waals surface area contributed by atoms with Crippen LogP contribution in [0.3, 0.4) is 0 Å². The molecule has 2 heterocycles. The third-order valence-corrected chi connectivity index (χ3v) is 4.37. The van der Waals surface area contributed by atoms with E-state index < -0.39 is 5.63 Å². The van der Waals surface area contributed by atoms with Crippen molar-refractivity contribution in [3.05, 3.63) is 40.8 Å². The zero-order valence-electron chi connectivity index (χ0n) is 13.4. The van der Waals surface area contributed by atoms with Crippen molar-refractivity contribution in [1.29, 1.82) is 0 Å². The Kier molecular flexibility index (Phi) is 5.15. The Bertz CT molecular complexity index is 767. The van der Waals surface area contributed by atoms with Crippen LogP contribution in [0, 0.1) is 0 Å². The number of fused-ring (bicyclic) bond motifs is 1. The van der Waals surface area contributed by atoms with Crippen molar-refractivity contribution in [1.82, 2.24) is 4.90 Å². The number of hydrogen-bond donors (Lipinski definition) is 1. The number of likely N-dealkylation sites (tertiary alicyclic amines) is 1. The van der Waals surface area contributed by atoms with E-state index in [0.29, 0.717) is 24.3 Å². The topological polar surface area (TPSA) is 80.0 Å². The fourth-order valence-corrected chi connectivity index (χ4v) is 3.14. The number of hydrogen-bond acceptors (Lipinski definition) is 5. The van der Waals surface area contributed by atoms with Crippen LogP contribution in [-0.2, 0) is 4.79 Å². The molecule has 0 radical (unpaired) electrons. The number of rotatable bonds is 5. The van der Waals surface area contributed by atoms with Gasteiger partial charge >= 0.3 is 5.63 Å². The lowest BCUT2D eigenvalue weighted by Gasteiger charge is -2.35. The van der Waals surface area contributed by atoms with E-state index in [9.17, 15) is 9.59 Å². The van der Waals surface area contributed by atoms with Gasteiger partial charge in [-0.25, -0.2) is 4.79 Å². The van der Waals surface area contributed by atoms with Crippen LogP contribution in [0.25, 0.3) is 11.0 Å². The van der Waals surface area contributed by atoms with E-state index in [2.05, 4.69) is 0 Å². The van der Waals surface area contributed by atoms with Gasteiger partial charge in [-0.1, -0.05) is 0 Å². The molecule has 0 bridgehead atoms. The second kappa shape index (κ2) is 7.49. The molecule has 1 aliphatic heterocycles. The van der Waals surface area contributed by atoms with Crippen molar-refractivity contribution >= 4 is 16.9 Å². The number of aliphatic hydroxyl groups excluding tert-OH is 1. The highest BCUT2D eigenvalue weighted by Crippen LogP contribution is 2.22. The zero-order valence-corrected chi connectivity index (χ0v) is 13.4. The van der Waals surface area contributed by atoms with Gasteiger partial charge in [0.05, 0.1) is 0 Å². The maximum atomic E-state index is 12.4. The van der Waals surface area contributed by atoms with Crippen LogP contribution in [0.15, 0.2) is 39.5 Å². The van der Waals surface area contributed by atoms with Crippen LogP contribution < -0.4 is 10.4 Å². The number of amides is 1. The molecule has 1 unspecified atom stereocenters. The molecule has 2 aromatic rings. The first-order chi connectivity index (χ1) is 11.7. The van der Waals surface area contributed by atoms with Gasteiger partial charge in [0.25, 0.3) is 5.91 Å². The Morgan fingerprint density at radius 1 is 1.29 bits per heavy atom. The Balaban J connectivity index is 1.66. The minimum atomic E-state index is -0.420. The van der Waals surface area contributed by atoms with E-state index in [1.165, 1.54) is 6.07 Å². The van der Waals surface area contributed by atoms with Gasteiger partial charge in [0, 0.05) is 36.7 Å². The number of benzene rings is 1. The quantitative estimate of drug-likeness (QED) is 0.847. The molecular weight excluding hydrogens is 310 g/mol. The average molecular weight is 331 g/mol. The Morgan fingerprint density at radius 2 is 2.12 bits per heavy atom. The van der Waals surface area contributed by atoms with Crippen LogP contribution in [0.5, 0.6) is 5.75 Å². The maximum Gasteiger partial charge on any atom is 0.336 e. The second-order valence-electron chi connectivity index (χ2n) is 5.99. The van der Waals surface area contributed by atoms with Crippen LogP contribution >= 0.6 is 0 Å². The SMILES string of the molecule is O=C(COc1ccc2ccc(=O)oc2c1)N1CCCCC1CCO. The maximum absolute atomic E-state index is 12.4. The second-order valence-corrected chi connectivity index (χ2v) is 5.99. The van der Waals surface area contributed by atoms with Crippen molar-refractivity contribution in [3.8, 4) is 5.75 Å². The number of ether oxygens (including phenoxy) is 1. The molecule has 1 aliphatic rings. The summed E-state index contributed by atoms with van der Waals surface area (Å²) < 4.78 is 10.7. The molecule has 1 N–H and O–H groups in total. The summed E-state index contributed by atoms with van der Waals surface area (Å²) in [5.74, 6) is 0.406. The molecule has 128 valence electrons. The van der Waals surface area contributed by atoms with Crippen LogP contribution in [-0.4, -0.2) is 41.7 Å². The van der Waals surface area contributed by atoms with E-state index in [1.807, 2.05) is 0 Å². The molecule has 1 aromatic heterocycles.